The van der Waals surface area contributed by atoms with Crippen LogP contribution < -0.4 is 18.9 Å². The van der Waals surface area contributed by atoms with Crippen molar-refractivity contribution >= 4 is 20.2 Å². The van der Waals surface area contributed by atoms with Gasteiger partial charge < -0.3 is 0 Å². The van der Waals surface area contributed by atoms with E-state index in [0.717, 1.165) is 45.6 Å². The molecule has 39 heavy (non-hydrogen) atoms. The Morgan fingerprint density at radius 2 is 0.487 bits per heavy atom. The summed E-state index contributed by atoms with van der Waals surface area (Å²) in [6.45, 7) is 14.8. The summed E-state index contributed by atoms with van der Waals surface area (Å²) in [6, 6.07) is 22.5. The number of hydrogen-bond donors (Lipinski definition) is 4. The predicted molar refractivity (Wildman–Crippen MR) is 145 cm³/mol. The third-order valence-corrected chi connectivity index (χ3v) is 5.37. The van der Waals surface area contributed by atoms with Gasteiger partial charge in [-0.2, -0.15) is 0 Å². The average Bonchev–Trinajstić information content (AvgIpc) is 2.89. The van der Waals surface area contributed by atoms with Gasteiger partial charge in [-0.3, -0.25) is 20.8 Å². The fourth-order valence-corrected chi connectivity index (χ4v) is 2.98. The van der Waals surface area contributed by atoms with Gasteiger partial charge in [-0.25, -0.2) is 0 Å². The molecule has 4 heterocycles. The summed E-state index contributed by atoms with van der Waals surface area (Å²) in [6.07, 6.45) is 0. The summed E-state index contributed by atoms with van der Waals surface area (Å²) in [5.74, 6) is 0. The maximum absolute atomic E-state index is 9.12. The van der Waals surface area contributed by atoms with Crippen LogP contribution in [0.4, 0.5) is 0 Å². The molecular formula is C28H40Cl2FeN4O4+5. The molecule has 0 bridgehead atoms. The first-order valence-electron chi connectivity index (χ1n) is 11.8. The van der Waals surface area contributed by atoms with Crippen LogP contribution in [0.15, 0.2) is 72.8 Å². The number of aromatic nitrogens is 4. The number of halogens is 2. The molecule has 0 saturated heterocycles. The zero-order chi connectivity index (χ0) is 30.1. The van der Waals surface area contributed by atoms with Crippen LogP contribution in [0.25, 0.3) is 0 Å². The Kier molecular flexibility index (Phi) is 17.5. The van der Waals surface area contributed by atoms with Crippen molar-refractivity contribution in [1.29, 1.82) is 0 Å². The van der Waals surface area contributed by atoms with Crippen LogP contribution in [0, 0.1) is 55.4 Å². The minimum absolute atomic E-state index is 0.194. The molecule has 0 spiro atoms. The second-order valence-electron chi connectivity index (χ2n) is 8.53. The van der Waals surface area contributed by atoms with Gasteiger partial charge in [-0.05, 0) is 24.3 Å². The van der Waals surface area contributed by atoms with E-state index in [1.807, 2.05) is 128 Å². The minimum atomic E-state index is 0.194. The van der Waals surface area contributed by atoms with Crippen molar-refractivity contribution in [3.05, 3.63) is 118 Å². The Bertz CT molecular complexity index is 1030. The van der Waals surface area contributed by atoms with Gasteiger partial charge in [0.2, 0.25) is 45.6 Å². The van der Waals surface area contributed by atoms with E-state index in [1.165, 1.54) is 18.9 Å². The molecule has 0 saturated carbocycles. The van der Waals surface area contributed by atoms with Crippen molar-refractivity contribution in [3.63, 3.8) is 0 Å². The van der Waals surface area contributed by atoms with E-state index in [-0.39, 0.29) is 13.1 Å². The van der Waals surface area contributed by atoms with Crippen LogP contribution in [0.3, 0.4) is 0 Å². The normalized spacial score (nSPS) is 9.28. The molecule has 4 rings (SSSR count). The molecule has 0 unspecified atom stereocenters. The SMILES string of the molecule is Cc1cccc(C)[n+]1O.Cc1cccc(C)[n+]1O.Cc1cccc(C)[n+]1O.Cc1cccc(C)[n+]1O.[Cl][Fe+][Cl]. The van der Waals surface area contributed by atoms with Gasteiger partial charge in [-0.15, -0.1) is 0 Å². The molecule has 0 fully saturated rings. The van der Waals surface area contributed by atoms with E-state index >= 15 is 0 Å². The summed E-state index contributed by atoms with van der Waals surface area (Å²) in [5.41, 5.74) is 6.85. The van der Waals surface area contributed by atoms with Crippen LogP contribution in [-0.4, -0.2) is 20.8 Å². The first-order valence-corrected chi connectivity index (χ1v) is 14.9. The van der Waals surface area contributed by atoms with Crippen LogP contribution in [0.1, 0.15) is 45.6 Å². The van der Waals surface area contributed by atoms with Crippen LogP contribution in [0.5, 0.6) is 0 Å². The predicted octanol–water partition coefficient (Wildman–Crippen LogP) is 4.69. The van der Waals surface area contributed by atoms with Gasteiger partial charge in [0.1, 0.15) is 0 Å². The zero-order valence-electron chi connectivity index (χ0n) is 23.6. The van der Waals surface area contributed by atoms with E-state index < -0.39 is 0 Å². The van der Waals surface area contributed by atoms with E-state index in [1.54, 1.807) is 0 Å². The standard InChI is InChI=1S/4C7H10NO.2ClH.Fe/c4*1-6-4-3-5-7(2)8(6)9;;;/h4*3-5,9H,1-2H3;2*1H;/q4*+1;;;+3/p-2. The molecule has 4 aromatic rings. The van der Waals surface area contributed by atoms with Crippen LogP contribution in [0.2, 0.25) is 0 Å². The number of aryl methyl sites for hydroxylation is 8. The Labute approximate surface area is 246 Å². The van der Waals surface area contributed by atoms with Gasteiger partial charge in [0.05, 0.1) is 0 Å². The fourth-order valence-electron chi connectivity index (χ4n) is 2.98. The monoisotopic (exact) mass is 622 g/mol. The summed E-state index contributed by atoms with van der Waals surface area (Å²) < 4.78 is 4.67. The van der Waals surface area contributed by atoms with E-state index in [0.29, 0.717) is 0 Å². The van der Waals surface area contributed by atoms with Gasteiger partial charge in [0, 0.05) is 123 Å². The second kappa shape index (κ2) is 19.0. The van der Waals surface area contributed by atoms with Crippen molar-refractivity contribution in [2.75, 3.05) is 0 Å². The molecule has 213 valence electrons. The van der Waals surface area contributed by atoms with E-state index in [2.05, 4.69) is 0 Å². The Morgan fingerprint density at radius 3 is 0.564 bits per heavy atom. The number of rotatable bonds is 0. The number of pyridine rings is 4. The van der Waals surface area contributed by atoms with Crippen LogP contribution in [-0.2, 0) is 13.1 Å². The zero-order valence-corrected chi connectivity index (χ0v) is 26.2. The van der Waals surface area contributed by atoms with Crippen LogP contribution >= 0.6 is 20.2 Å². The van der Waals surface area contributed by atoms with Gasteiger partial charge in [-0.1, -0.05) is 0 Å². The molecule has 4 N–H and O–H groups in total. The van der Waals surface area contributed by atoms with Gasteiger partial charge in [0.15, 0.2) is 0 Å². The summed E-state index contributed by atoms with van der Waals surface area (Å²) in [7, 11) is 9.53. The second-order valence-corrected chi connectivity index (χ2v) is 10.4. The quantitative estimate of drug-likeness (QED) is 0.130. The fraction of sp³-hybridized carbons (Fsp3) is 0.286. The molecule has 0 amide bonds. The third-order valence-electron chi connectivity index (χ3n) is 5.37. The first kappa shape index (κ1) is 35.9. The van der Waals surface area contributed by atoms with E-state index in [9.17, 15) is 0 Å². The molecule has 0 aromatic carbocycles. The molecule has 0 atom stereocenters. The molecule has 4 aromatic heterocycles. The Hall–Kier alpha value is -3.10. The first-order chi connectivity index (χ1) is 18.3. The van der Waals surface area contributed by atoms with Crippen molar-refractivity contribution in [2.45, 2.75) is 55.4 Å². The summed E-state index contributed by atoms with van der Waals surface area (Å²) in [5, 5.41) is 36.5. The molecule has 0 aliphatic heterocycles. The molecule has 0 radical (unpaired) electrons. The summed E-state index contributed by atoms with van der Waals surface area (Å²) >= 11 is 0.194. The maximum atomic E-state index is 9.12. The number of nitrogens with zero attached hydrogens (tertiary/aromatic N) is 4. The van der Waals surface area contributed by atoms with Crippen molar-refractivity contribution in [1.82, 2.24) is 0 Å². The average molecular weight is 623 g/mol. The van der Waals surface area contributed by atoms with Gasteiger partial charge in [0.25, 0.3) is 0 Å². The van der Waals surface area contributed by atoms with Gasteiger partial charge >= 0.3 is 33.3 Å². The summed E-state index contributed by atoms with van der Waals surface area (Å²) in [4.78, 5) is 0. The molecular weight excluding hydrogens is 583 g/mol. The molecule has 11 heteroatoms. The Morgan fingerprint density at radius 1 is 0.385 bits per heavy atom. The van der Waals surface area contributed by atoms with Crippen molar-refractivity contribution in [3.8, 4) is 0 Å². The number of hydrogen-bond acceptors (Lipinski definition) is 4. The topological polar surface area (TPSA) is 96.4 Å². The van der Waals surface area contributed by atoms with Crippen molar-refractivity contribution in [2.24, 2.45) is 0 Å². The molecule has 8 nitrogen and oxygen atoms in total. The third kappa shape index (κ3) is 13.5. The Balaban J connectivity index is 0.000000477. The molecule has 0 aliphatic rings. The molecule has 0 aliphatic carbocycles. The van der Waals surface area contributed by atoms with E-state index in [4.69, 9.17) is 41.0 Å². The van der Waals surface area contributed by atoms with Crippen molar-refractivity contribution < 1.29 is 52.9 Å².